The van der Waals surface area contributed by atoms with Gasteiger partial charge in [0.1, 0.15) is 22.4 Å². The molecule has 126 valence electrons. The van der Waals surface area contributed by atoms with Gasteiger partial charge >= 0.3 is 0 Å². The molecule has 0 bridgehead atoms. The summed E-state index contributed by atoms with van der Waals surface area (Å²) in [6.45, 7) is 4.50. The van der Waals surface area contributed by atoms with E-state index in [1.54, 1.807) is 24.5 Å². The highest BCUT2D eigenvalue weighted by atomic mass is 32.1. The largest absolute Gasteiger partial charge is 0.375 e. The molecule has 0 saturated carbocycles. The Morgan fingerprint density at radius 2 is 2.12 bits per heavy atom. The highest BCUT2D eigenvalue weighted by molar-refractivity contribution is 7.09. The molecule has 0 spiro atoms. The third kappa shape index (κ3) is 3.25. The molecule has 2 heterocycles. The second-order valence-corrected chi connectivity index (χ2v) is 6.72. The monoisotopic (exact) mass is 345 g/mol. The summed E-state index contributed by atoms with van der Waals surface area (Å²) in [5, 5.41) is 3.81. The van der Waals surface area contributed by atoms with Crippen molar-refractivity contribution in [1.29, 1.82) is 0 Å². The van der Waals surface area contributed by atoms with Gasteiger partial charge in [-0.05, 0) is 26.0 Å². The Kier molecular flexibility index (Phi) is 4.78. The first kappa shape index (κ1) is 16.8. The number of para-hydroxylation sites is 1. The number of pyridine rings is 1. The lowest BCUT2D eigenvalue weighted by Crippen LogP contribution is -2.17. The lowest BCUT2D eigenvalue weighted by Gasteiger charge is -2.21. The predicted molar refractivity (Wildman–Crippen MR) is 96.1 cm³/mol. The second-order valence-electron chi connectivity index (χ2n) is 5.83. The number of thiazole rings is 1. The topological polar surface area (TPSA) is 38.2 Å². The lowest BCUT2D eigenvalue weighted by molar-refractivity contribution is 0.119. The molecule has 1 aromatic carbocycles. The van der Waals surface area contributed by atoms with Crippen molar-refractivity contribution in [3.63, 3.8) is 0 Å². The van der Waals surface area contributed by atoms with Crippen LogP contribution in [-0.4, -0.2) is 24.1 Å². The summed E-state index contributed by atoms with van der Waals surface area (Å²) >= 11 is 1.59. The Morgan fingerprint density at radius 3 is 2.88 bits per heavy atom. The SMILES string of the molecule is COC(C)c1nc(CN(C)c2cc(C)nc3c(F)cccc23)cs1. The number of anilines is 1. The molecule has 1 unspecified atom stereocenters. The molecule has 0 saturated heterocycles. The van der Waals surface area contributed by atoms with Crippen LogP contribution in [0.4, 0.5) is 10.1 Å². The van der Waals surface area contributed by atoms with Crippen LogP contribution in [0.15, 0.2) is 29.6 Å². The van der Waals surface area contributed by atoms with E-state index < -0.39 is 0 Å². The molecule has 3 rings (SSSR count). The van der Waals surface area contributed by atoms with Gasteiger partial charge in [0, 0.05) is 36.3 Å². The molecule has 6 heteroatoms. The number of ether oxygens (including phenoxy) is 1. The van der Waals surface area contributed by atoms with Gasteiger partial charge in [-0.2, -0.15) is 0 Å². The van der Waals surface area contributed by atoms with E-state index in [1.807, 2.05) is 38.4 Å². The molecule has 0 radical (unpaired) electrons. The first-order valence-electron chi connectivity index (χ1n) is 7.73. The number of hydrogen-bond acceptors (Lipinski definition) is 5. The van der Waals surface area contributed by atoms with E-state index in [4.69, 9.17) is 4.74 Å². The maximum atomic E-state index is 14.1. The Hall–Kier alpha value is -2.05. The van der Waals surface area contributed by atoms with Crippen molar-refractivity contribution in [3.05, 3.63) is 51.9 Å². The fourth-order valence-electron chi connectivity index (χ4n) is 2.65. The van der Waals surface area contributed by atoms with E-state index >= 15 is 0 Å². The minimum Gasteiger partial charge on any atom is -0.375 e. The zero-order chi connectivity index (χ0) is 17.3. The number of fused-ring (bicyclic) bond motifs is 1. The Morgan fingerprint density at radius 1 is 1.33 bits per heavy atom. The van der Waals surface area contributed by atoms with Gasteiger partial charge in [0.05, 0.1) is 12.2 Å². The van der Waals surface area contributed by atoms with Gasteiger partial charge in [-0.3, -0.25) is 0 Å². The minimum absolute atomic E-state index is 0.00727. The molecule has 2 aromatic heterocycles. The van der Waals surface area contributed by atoms with E-state index in [2.05, 4.69) is 14.9 Å². The van der Waals surface area contributed by atoms with Crippen LogP contribution in [0.3, 0.4) is 0 Å². The summed E-state index contributed by atoms with van der Waals surface area (Å²) < 4.78 is 19.4. The van der Waals surface area contributed by atoms with Crippen molar-refractivity contribution in [3.8, 4) is 0 Å². The van der Waals surface area contributed by atoms with Crippen molar-refractivity contribution in [1.82, 2.24) is 9.97 Å². The van der Waals surface area contributed by atoms with Crippen LogP contribution in [-0.2, 0) is 11.3 Å². The standard InChI is InChI=1S/C18H20FN3OS/c1-11-8-16(14-6-5-7-15(19)17(14)20-11)22(3)9-13-10-24-18(21-13)12(2)23-4/h5-8,10,12H,9H2,1-4H3. The molecule has 1 atom stereocenters. The highest BCUT2D eigenvalue weighted by Crippen LogP contribution is 2.29. The summed E-state index contributed by atoms with van der Waals surface area (Å²) in [6, 6.07) is 7.04. The van der Waals surface area contributed by atoms with Gasteiger partial charge in [0.2, 0.25) is 0 Å². The number of methoxy groups -OCH3 is 1. The van der Waals surface area contributed by atoms with Crippen LogP contribution in [0.1, 0.15) is 29.4 Å². The first-order valence-corrected chi connectivity index (χ1v) is 8.61. The molecule has 0 amide bonds. The number of rotatable bonds is 5. The van der Waals surface area contributed by atoms with Gasteiger partial charge in [0.15, 0.2) is 0 Å². The van der Waals surface area contributed by atoms with Crippen molar-refractivity contribution >= 4 is 27.9 Å². The van der Waals surface area contributed by atoms with E-state index in [-0.39, 0.29) is 11.9 Å². The maximum Gasteiger partial charge on any atom is 0.149 e. The van der Waals surface area contributed by atoms with Crippen LogP contribution < -0.4 is 4.90 Å². The van der Waals surface area contributed by atoms with E-state index in [9.17, 15) is 4.39 Å². The van der Waals surface area contributed by atoms with Crippen molar-refractivity contribution in [2.24, 2.45) is 0 Å². The lowest BCUT2D eigenvalue weighted by atomic mass is 10.1. The number of halogens is 1. The second kappa shape index (κ2) is 6.83. The van der Waals surface area contributed by atoms with E-state index in [0.717, 1.165) is 27.5 Å². The van der Waals surface area contributed by atoms with Gasteiger partial charge in [-0.25, -0.2) is 14.4 Å². The zero-order valence-corrected chi connectivity index (χ0v) is 15.0. The summed E-state index contributed by atoms with van der Waals surface area (Å²) in [5.74, 6) is -0.296. The van der Waals surface area contributed by atoms with Crippen LogP contribution in [0.5, 0.6) is 0 Å². The Bertz CT molecular complexity index is 865. The smallest absolute Gasteiger partial charge is 0.149 e. The maximum absolute atomic E-state index is 14.1. The van der Waals surface area contributed by atoms with Gasteiger partial charge < -0.3 is 9.64 Å². The summed E-state index contributed by atoms with van der Waals surface area (Å²) in [6.07, 6.45) is -0.00727. The van der Waals surface area contributed by atoms with Crippen molar-refractivity contribution < 1.29 is 9.13 Å². The zero-order valence-electron chi connectivity index (χ0n) is 14.2. The number of benzene rings is 1. The highest BCUT2D eigenvalue weighted by Gasteiger charge is 2.14. The van der Waals surface area contributed by atoms with Crippen molar-refractivity contribution in [2.45, 2.75) is 26.5 Å². The van der Waals surface area contributed by atoms with Crippen LogP contribution in [0.2, 0.25) is 0 Å². The fourth-order valence-corrected chi connectivity index (χ4v) is 3.49. The average Bonchev–Trinajstić information content (AvgIpc) is 3.02. The average molecular weight is 345 g/mol. The molecule has 24 heavy (non-hydrogen) atoms. The number of hydrogen-bond donors (Lipinski definition) is 0. The molecule has 4 nitrogen and oxygen atoms in total. The van der Waals surface area contributed by atoms with E-state index in [0.29, 0.717) is 12.1 Å². The molecular weight excluding hydrogens is 325 g/mol. The third-order valence-electron chi connectivity index (χ3n) is 3.98. The van der Waals surface area contributed by atoms with Gasteiger partial charge in [0.25, 0.3) is 0 Å². The van der Waals surface area contributed by atoms with Crippen LogP contribution in [0, 0.1) is 12.7 Å². The fraction of sp³-hybridized carbons (Fsp3) is 0.333. The summed E-state index contributed by atoms with van der Waals surface area (Å²) in [4.78, 5) is 11.0. The summed E-state index contributed by atoms with van der Waals surface area (Å²) in [5.41, 5.74) is 3.12. The predicted octanol–water partition coefficient (Wildman–Crippen LogP) is 4.48. The minimum atomic E-state index is -0.296. The third-order valence-corrected chi connectivity index (χ3v) is 5.03. The Balaban J connectivity index is 1.93. The number of nitrogens with zero attached hydrogens (tertiary/aromatic N) is 3. The van der Waals surface area contributed by atoms with Gasteiger partial charge in [-0.1, -0.05) is 12.1 Å². The molecule has 0 aliphatic carbocycles. The number of aryl methyl sites for hydroxylation is 1. The molecule has 0 aliphatic heterocycles. The van der Waals surface area contributed by atoms with E-state index in [1.165, 1.54) is 6.07 Å². The number of aromatic nitrogens is 2. The van der Waals surface area contributed by atoms with Crippen LogP contribution in [0.25, 0.3) is 10.9 Å². The molecular formula is C18H20FN3OS. The quantitative estimate of drug-likeness (QED) is 0.683. The van der Waals surface area contributed by atoms with Gasteiger partial charge in [-0.15, -0.1) is 11.3 Å². The first-order chi connectivity index (χ1) is 11.5. The molecule has 0 fully saturated rings. The van der Waals surface area contributed by atoms with Crippen molar-refractivity contribution in [2.75, 3.05) is 19.1 Å². The molecule has 0 aliphatic rings. The summed E-state index contributed by atoms with van der Waals surface area (Å²) in [7, 11) is 3.66. The molecule has 3 aromatic rings. The Labute approximate surface area is 144 Å². The molecule has 0 N–H and O–H groups in total. The van der Waals surface area contributed by atoms with Crippen LogP contribution >= 0.6 is 11.3 Å². The normalized spacial score (nSPS) is 12.5.